The van der Waals surface area contributed by atoms with Crippen molar-refractivity contribution >= 4 is 13.6 Å². The van der Waals surface area contributed by atoms with Gasteiger partial charge in [-0.2, -0.15) is 13.2 Å². The third kappa shape index (κ3) is 5.38. The van der Waals surface area contributed by atoms with Gasteiger partial charge in [-0.1, -0.05) is 6.07 Å². The Bertz CT molecular complexity index is 620. The molecule has 128 valence electrons. The summed E-state index contributed by atoms with van der Waals surface area (Å²) >= 11 is 0. The number of hydrogen-bond acceptors (Lipinski definition) is 6. The zero-order valence-corrected chi connectivity index (χ0v) is 13.1. The van der Waals surface area contributed by atoms with Gasteiger partial charge in [0.05, 0.1) is 5.56 Å². The summed E-state index contributed by atoms with van der Waals surface area (Å²) in [6, 6.07) is 3.97. The first-order chi connectivity index (χ1) is 10.6. The fourth-order valence-corrected chi connectivity index (χ4v) is 2.17. The van der Waals surface area contributed by atoms with E-state index in [2.05, 4.69) is 20.4 Å². The van der Waals surface area contributed by atoms with Crippen LogP contribution in [0.2, 0.25) is 0 Å². The Morgan fingerprint density at radius 1 is 1.26 bits per heavy atom. The smallest absolute Gasteiger partial charge is 0.416 e. The number of rotatable bonds is 7. The van der Waals surface area contributed by atoms with Crippen LogP contribution in [0.25, 0.3) is 0 Å². The predicted octanol–water partition coefficient (Wildman–Crippen LogP) is 3.58. The molecular weight excluding hydrogens is 340 g/mol. The largest absolute Gasteiger partial charge is 0.482 e. The van der Waals surface area contributed by atoms with E-state index in [1.165, 1.54) is 6.07 Å². The molecule has 0 radical (unpaired) electrons. The lowest BCUT2D eigenvalue weighted by molar-refractivity contribution is -0.141. The van der Waals surface area contributed by atoms with Gasteiger partial charge in [0.15, 0.2) is 6.61 Å². The van der Waals surface area contributed by atoms with Crippen LogP contribution in [0.1, 0.15) is 5.56 Å². The van der Waals surface area contributed by atoms with Gasteiger partial charge in [-0.15, -0.1) is 0 Å². The maximum atomic E-state index is 12.5. The predicted molar refractivity (Wildman–Crippen MR) is 73.8 cm³/mol. The van der Waals surface area contributed by atoms with Crippen LogP contribution in [-0.4, -0.2) is 26.8 Å². The summed E-state index contributed by atoms with van der Waals surface area (Å²) < 4.78 is 68.1. The van der Waals surface area contributed by atoms with E-state index in [4.69, 9.17) is 4.74 Å². The molecule has 0 saturated carbocycles. The van der Waals surface area contributed by atoms with Gasteiger partial charge in [0.2, 0.25) is 5.50 Å². The van der Waals surface area contributed by atoms with Crippen LogP contribution in [-0.2, 0) is 29.3 Å². The first kappa shape index (κ1) is 19.2. The van der Waals surface area contributed by atoms with Crippen LogP contribution in [0.15, 0.2) is 36.3 Å². The number of carbonyl (C=O) groups excluding carboxylic acids is 1. The molecule has 1 rings (SSSR count). The minimum absolute atomic E-state index is 0.177. The molecule has 0 atom stereocenters. The quantitative estimate of drug-likeness (QED) is 0.423. The SMILES string of the molecule is C=C(OC(=O)COc1cccc(C(F)(F)F)c1)P(=O)(OC)OC. The minimum atomic E-state index is -4.53. The van der Waals surface area contributed by atoms with Crippen molar-refractivity contribution in [1.29, 1.82) is 0 Å². The molecule has 0 aliphatic rings. The lowest BCUT2D eigenvalue weighted by atomic mass is 10.2. The van der Waals surface area contributed by atoms with E-state index in [1.807, 2.05) is 0 Å². The molecule has 1 aromatic carbocycles. The topological polar surface area (TPSA) is 71.1 Å². The molecule has 0 unspecified atom stereocenters. The fraction of sp³-hybridized carbons (Fsp3) is 0.308. The number of esters is 1. The molecule has 0 amide bonds. The molecule has 0 aliphatic heterocycles. The summed E-state index contributed by atoms with van der Waals surface area (Å²) in [7, 11) is -1.65. The second-order valence-electron chi connectivity index (χ2n) is 4.04. The second kappa shape index (κ2) is 7.63. The molecule has 0 N–H and O–H groups in total. The van der Waals surface area contributed by atoms with Crippen LogP contribution in [0, 0.1) is 0 Å². The number of hydrogen-bond donors (Lipinski definition) is 0. The van der Waals surface area contributed by atoms with E-state index in [9.17, 15) is 22.5 Å². The zero-order chi connectivity index (χ0) is 17.7. The van der Waals surface area contributed by atoms with Crippen molar-refractivity contribution in [3.63, 3.8) is 0 Å². The maximum absolute atomic E-state index is 12.5. The summed E-state index contributed by atoms with van der Waals surface area (Å²) in [5.74, 6) is -1.20. The molecule has 1 aromatic rings. The monoisotopic (exact) mass is 354 g/mol. The molecular formula is C13H14F3O6P. The van der Waals surface area contributed by atoms with Gasteiger partial charge in [-0.3, -0.25) is 4.57 Å². The molecule has 10 heteroatoms. The summed E-state index contributed by atoms with van der Waals surface area (Å²) in [6.07, 6.45) is -4.53. The van der Waals surface area contributed by atoms with Crippen molar-refractivity contribution in [3.8, 4) is 5.75 Å². The fourth-order valence-electron chi connectivity index (χ4n) is 1.40. The van der Waals surface area contributed by atoms with E-state index in [0.717, 1.165) is 32.4 Å². The normalized spacial score (nSPS) is 11.9. The molecule has 0 spiro atoms. The number of benzene rings is 1. The van der Waals surface area contributed by atoms with Crippen molar-refractivity contribution in [1.82, 2.24) is 0 Å². The average Bonchev–Trinajstić information content (AvgIpc) is 2.51. The summed E-state index contributed by atoms with van der Waals surface area (Å²) in [5, 5.41) is 0. The number of alkyl halides is 3. The summed E-state index contributed by atoms with van der Waals surface area (Å²) in [5.41, 5.74) is -1.48. The summed E-state index contributed by atoms with van der Waals surface area (Å²) in [4.78, 5) is 11.5. The van der Waals surface area contributed by atoms with Crippen molar-refractivity contribution in [2.45, 2.75) is 6.18 Å². The van der Waals surface area contributed by atoms with E-state index < -0.39 is 37.4 Å². The van der Waals surface area contributed by atoms with Crippen LogP contribution >= 0.6 is 7.60 Å². The van der Waals surface area contributed by atoms with Crippen molar-refractivity contribution < 1.29 is 41.1 Å². The van der Waals surface area contributed by atoms with Gasteiger partial charge in [-0.25, -0.2) is 4.79 Å². The van der Waals surface area contributed by atoms with E-state index >= 15 is 0 Å². The zero-order valence-electron chi connectivity index (χ0n) is 12.3. The van der Waals surface area contributed by atoms with Crippen molar-refractivity contribution in [2.24, 2.45) is 0 Å². The minimum Gasteiger partial charge on any atom is -0.482 e. The Kier molecular flexibility index (Phi) is 6.37. The van der Waals surface area contributed by atoms with Crippen LogP contribution in [0.3, 0.4) is 0 Å². The highest BCUT2D eigenvalue weighted by Crippen LogP contribution is 2.54. The van der Waals surface area contributed by atoms with E-state index in [1.54, 1.807) is 0 Å². The number of carbonyl (C=O) groups is 1. The number of ether oxygens (including phenoxy) is 2. The van der Waals surface area contributed by atoms with Gasteiger partial charge in [-0.05, 0) is 24.8 Å². The van der Waals surface area contributed by atoms with Crippen molar-refractivity contribution in [3.05, 3.63) is 41.9 Å². The standard InChI is InChI=1S/C13H14F3O6P/c1-9(23(18,19-2)20-3)22-12(17)8-21-11-6-4-5-10(7-11)13(14,15)16/h4-7H,1,8H2,2-3H3. The van der Waals surface area contributed by atoms with E-state index in [0.29, 0.717) is 0 Å². The Balaban J connectivity index is 2.64. The van der Waals surface area contributed by atoms with Gasteiger partial charge >= 0.3 is 19.7 Å². The Morgan fingerprint density at radius 2 is 1.87 bits per heavy atom. The second-order valence-corrected chi connectivity index (χ2v) is 6.27. The van der Waals surface area contributed by atoms with Crippen LogP contribution in [0.4, 0.5) is 13.2 Å². The molecule has 0 saturated heterocycles. The Hall–Kier alpha value is -1.83. The Morgan fingerprint density at radius 3 is 2.39 bits per heavy atom. The first-order valence-corrected chi connectivity index (χ1v) is 7.58. The highest BCUT2D eigenvalue weighted by Gasteiger charge is 2.31. The van der Waals surface area contributed by atoms with E-state index in [-0.39, 0.29) is 5.75 Å². The van der Waals surface area contributed by atoms with Crippen LogP contribution < -0.4 is 4.74 Å². The lowest BCUT2D eigenvalue weighted by Crippen LogP contribution is -2.15. The summed E-state index contributed by atoms with van der Waals surface area (Å²) in [6.45, 7) is 2.53. The average molecular weight is 354 g/mol. The van der Waals surface area contributed by atoms with Gasteiger partial charge in [0.1, 0.15) is 5.75 Å². The molecule has 0 aliphatic carbocycles. The lowest BCUT2D eigenvalue weighted by Gasteiger charge is -2.15. The Labute approximate surface area is 130 Å². The van der Waals surface area contributed by atoms with Crippen LogP contribution in [0.5, 0.6) is 5.75 Å². The maximum Gasteiger partial charge on any atom is 0.416 e. The van der Waals surface area contributed by atoms with Gasteiger partial charge in [0, 0.05) is 14.2 Å². The highest BCUT2D eigenvalue weighted by molar-refractivity contribution is 7.58. The van der Waals surface area contributed by atoms with Gasteiger partial charge in [0.25, 0.3) is 0 Å². The molecule has 6 nitrogen and oxygen atoms in total. The third-order valence-electron chi connectivity index (χ3n) is 2.54. The molecule has 23 heavy (non-hydrogen) atoms. The molecule has 0 aromatic heterocycles. The van der Waals surface area contributed by atoms with Crippen molar-refractivity contribution in [2.75, 3.05) is 20.8 Å². The molecule has 0 heterocycles. The molecule has 0 fully saturated rings. The first-order valence-electron chi connectivity index (χ1n) is 6.04. The number of halogens is 3. The highest BCUT2D eigenvalue weighted by atomic mass is 31.2. The van der Waals surface area contributed by atoms with Gasteiger partial charge < -0.3 is 18.5 Å². The molecule has 0 bridgehead atoms. The third-order valence-corrected chi connectivity index (χ3v) is 4.20.